The van der Waals surface area contributed by atoms with Gasteiger partial charge in [-0.15, -0.1) is 0 Å². The largest absolute Gasteiger partial charge is 0.493 e. The van der Waals surface area contributed by atoms with E-state index in [-0.39, 0.29) is 17.9 Å². The second-order valence-electron chi connectivity index (χ2n) is 9.70. The molecule has 10 nitrogen and oxygen atoms in total. The summed E-state index contributed by atoms with van der Waals surface area (Å²) >= 11 is 0. The Bertz CT molecular complexity index is 1250. The zero-order valence-electron chi connectivity index (χ0n) is 24.1. The van der Waals surface area contributed by atoms with E-state index in [2.05, 4.69) is 0 Å². The van der Waals surface area contributed by atoms with Gasteiger partial charge in [0, 0.05) is 37.9 Å². The predicted molar refractivity (Wildman–Crippen MR) is 150 cm³/mol. The van der Waals surface area contributed by atoms with Crippen molar-refractivity contribution in [2.24, 2.45) is 0 Å². The molecule has 0 aromatic heterocycles. The monoisotopic (exact) mass is 554 g/mol. The number of ether oxygens (including phenoxy) is 6. The number of aryl methyl sites for hydroxylation is 1. The van der Waals surface area contributed by atoms with Crippen molar-refractivity contribution in [2.75, 3.05) is 68.9 Å². The molecule has 1 atom stereocenters. The van der Waals surface area contributed by atoms with Crippen LogP contribution in [-0.4, -0.2) is 96.6 Å². The summed E-state index contributed by atoms with van der Waals surface area (Å²) in [4.78, 5) is 31.0. The molecular weight excluding hydrogens is 516 g/mol. The Morgan fingerprint density at radius 3 is 2.02 bits per heavy atom. The Morgan fingerprint density at radius 1 is 0.775 bits per heavy atom. The average Bonchev–Trinajstić information content (AvgIpc) is 3.20. The van der Waals surface area contributed by atoms with E-state index < -0.39 is 0 Å². The van der Waals surface area contributed by atoms with Gasteiger partial charge in [0.2, 0.25) is 11.7 Å². The van der Waals surface area contributed by atoms with Crippen LogP contribution in [0.25, 0.3) is 6.08 Å². The number of rotatable bonds is 9. The van der Waals surface area contributed by atoms with Gasteiger partial charge in [0.1, 0.15) is 0 Å². The Morgan fingerprint density at radius 2 is 1.43 bits per heavy atom. The second kappa shape index (κ2) is 13.0. The second-order valence-corrected chi connectivity index (χ2v) is 9.70. The summed E-state index contributed by atoms with van der Waals surface area (Å²) in [5.74, 6) is 2.31. The molecule has 0 saturated carbocycles. The van der Waals surface area contributed by atoms with Gasteiger partial charge in [-0.3, -0.25) is 9.59 Å². The molecule has 1 saturated heterocycles. The molecule has 0 bridgehead atoms. The maximum Gasteiger partial charge on any atom is 0.254 e. The lowest BCUT2D eigenvalue weighted by atomic mass is 10.0. The topological polar surface area (TPSA) is 96.0 Å². The standard InChI is InChI=1S/C30H38N2O8/c1-35-18-23-17-31(29(33)22-15-26(38-4)28(40-6)27(16-22)39-5)10-11-32(23)30(34)20-9-7-8-19-13-24(36-2)25(37-3)14-21(19)12-20/h12-16,23H,7-11,17-18H2,1-6H3/t23-/m0/s1. The summed E-state index contributed by atoms with van der Waals surface area (Å²) in [7, 11) is 9.36. The quantitative estimate of drug-likeness (QED) is 0.465. The van der Waals surface area contributed by atoms with E-state index in [0.29, 0.717) is 67.0 Å². The van der Waals surface area contributed by atoms with Gasteiger partial charge in [0.15, 0.2) is 23.0 Å². The number of hydrogen-bond acceptors (Lipinski definition) is 8. The highest BCUT2D eigenvalue weighted by atomic mass is 16.5. The van der Waals surface area contributed by atoms with E-state index in [0.717, 1.165) is 29.5 Å². The van der Waals surface area contributed by atoms with Crippen LogP contribution in [-0.2, 0) is 16.0 Å². The van der Waals surface area contributed by atoms with Gasteiger partial charge in [-0.1, -0.05) is 0 Å². The molecule has 1 aliphatic heterocycles. The lowest BCUT2D eigenvalue weighted by Crippen LogP contribution is -2.58. The van der Waals surface area contributed by atoms with Gasteiger partial charge >= 0.3 is 0 Å². The number of methoxy groups -OCH3 is 6. The number of nitrogens with zero attached hydrogens (tertiary/aromatic N) is 2. The summed E-state index contributed by atoms with van der Waals surface area (Å²) in [6.07, 6.45) is 4.29. The molecule has 4 rings (SSSR count). The first kappa shape index (κ1) is 29.1. The molecule has 2 aromatic rings. The van der Waals surface area contributed by atoms with Crippen molar-refractivity contribution in [3.8, 4) is 28.7 Å². The van der Waals surface area contributed by atoms with Crippen molar-refractivity contribution in [3.63, 3.8) is 0 Å². The first-order valence-electron chi connectivity index (χ1n) is 13.2. The van der Waals surface area contributed by atoms with E-state index in [1.54, 1.807) is 38.4 Å². The van der Waals surface area contributed by atoms with Gasteiger partial charge in [-0.25, -0.2) is 0 Å². The van der Waals surface area contributed by atoms with Gasteiger partial charge in [0.25, 0.3) is 5.91 Å². The number of carbonyl (C=O) groups is 2. The van der Waals surface area contributed by atoms with Crippen LogP contribution < -0.4 is 23.7 Å². The van der Waals surface area contributed by atoms with Crippen LogP contribution in [0.4, 0.5) is 0 Å². The van der Waals surface area contributed by atoms with Crippen molar-refractivity contribution in [3.05, 3.63) is 46.5 Å². The lowest BCUT2D eigenvalue weighted by molar-refractivity contribution is -0.133. The number of fused-ring (bicyclic) bond motifs is 1. The third kappa shape index (κ3) is 5.82. The molecule has 1 aliphatic carbocycles. The molecule has 0 N–H and O–H groups in total. The summed E-state index contributed by atoms with van der Waals surface area (Å²) in [5, 5.41) is 0. The van der Waals surface area contributed by atoms with Crippen LogP contribution in [0.1, 0.15) is 34.3 Å². The average molecular weight is 555 g/mol. The highest BCUT2D eigenvalue weighted by Gasteiger charge is 2.35. The lowest BCUT2D eigenvalue weighted by Gasteiger charge is -2.41. The fourth-order valence-electron chi connectivity index (χ4n) is 5.40. The number of hydrogen-bond donors (Lipinski definition) is 0. The van der Waals surface area contributed by atoms with Gasteiger partial charge in [-0.05, 0) is 60.7 Å². The predicted octanol–water partition coefficient (Wildman–Crippen LogP) is 3.45. The minimum absolute atomic E-state index is 0.0374. The van der Waals surface area contributed by atoms with Gasteiger partial charge in [-0.2, -0.15) is 0 Å². The van der Waals surface area contributed by atoms with Gasteiger partial charge < -0.3 is 38.2 Å². The van der Waals surface area contributed by atoms with Crippen LogP contribution in [0.15, 0.2) is 29.8 Å². The zero-order valence-corrected chi connectivity index (χ0v) is 24.1. The number of piperazine rings is 1. The molecule has 0 unspecified atom stereocenters. The Labute approximate surface area is 235 Å². The summed E-state index contributed by atoms with van der Waals surface area (Å²) < 4.78 is 32.7. The van der Waals surface area contributed by atoms with Crippen LogP contribution in [0.3, 0.4) is 0 Å². The van der Waals surface area contributed by atoms with E-state index >= 15 is 0 Å². The van der Waals surface area contributed by atoms with E-state index in [4.69, 9.17) is 28.4 Å². The molecule has 2 aliphatic rings. The van der Waals surface area contributed by atoms with Crippen molar-refractivity contribution < 1.29 is 38.0 Å². The van der Waals surface area contributed by atoms with Crippen LogP contribution in [0, 0.1) is 0 Å². The molecule has 1 heterocycles. The molecule has 0 spiro atoms. The Kier molecular flexibility index (Phi) is 9.42. The number of benzene rings is 2. The first-order valence-corrected chi connectivity index (χ1v) is 13.2. The normalized spacial score (nSPS) is 16.9. The third-order valence-corrected chi connectivity index (χ3v) is 7.44. The first-order chi connectivity index (χ1) is 19.4. The molecule has 2 aromatic carbocycles. The highest BCUT2D eigenvalue weighted by Crippen LogP contribution is 2.39. The Hall–Kier alpha value is -3.92. The van der Waals surface area contributed by atoms with Crippen molar-refractivity contribution in [1.29, 1.82) is 0 Å². The molecule has 216 valence electrons. The molecule has 0 radical (unpaired) electrons. The van der Waals surface area contributed by atoms with Crippen molar-refractivity contribution in [2.45, 2.75) is 25.3 Å². The van der Waals surface area contributed by atoms with Crippen LogP contribution in [0.2, 0.25) is 0 Å². The van der Waals surface area contributed by atoms with Crippen molar-refractivity contribution in [1.82, 2.24) is 9.80 Å². The molecular formula is C30H38N2O8. The maximum atomic E-state index is 13.9. The third-order valence-electron chi connectivity index (χ3n) is 7.44. The van der Waals surface area contributed by atoms with E-state index in [1.807, 2.05) is 23.1 Å². The van der Waals surface area contributed by atoms with Crippen LogP contribution >= 0.6 is 0 Å². The van der Waals surface area contributed by atoms with Crippen LogP contribution in [0.5, 0.6) is 28.7 Å². The van der Waals surface area contributed by atoms with Crippen molar-refractivity contribution >= 4 is 17.9 Å². The van der Waals surface area contributed by atoms with Gasteiger partial charge in [0.05, 0.1) is 48.2 Å². The molecule has 40 heavy (non-hydrogen) atoms. The number of carbonyl (C=O) groups excluding carboxylic acids is 2. The minimum atomic E-state index is -0.300. The van der Waals surface area contributed by atoms with E-state index in [9.17, 15) is 9.59 Å². The summed E-state index contributed by atoms with van der Waals surface area (Å²) in [6.45, 7) is 1.42. The smallest absolute Gasteiger partial charge is 0.254 e. The fourth-order valence-corrected chi connectivity index (χ4v) is 5.40. The summed E-state index contributed by atoms with van der Waals surface area (Å²) in [6, 6.07) is 6.89. The Balaban J connectivity index is 1.57. The maximum absolute atomic E-state index is 13.9. The molecule has 1 fully saturated rings. The SMILES string of the molecule is COC[C@@H]1CN(C(=O)c2cc(OC)c(OC)c(OC)c2)CCN1C(=O)C1=Cc2cc(OC)c(OC)cc2CCC1. The zero-order chi connectivity index (χ0) is 28.8. The molecule has 10 heteroatoms. The minimum Gasteiger partial charge on any atom is -0.493 e. The summed E-state index contributed by atoms with van der Waals surface area (Å²) in [5.41, 5.74) is 3.22. The highest BCUT2D eigenvalue weighted by molar-refractivity contribution is 5.99. The molecule has 2 amide bonds. The number of amides is 2. The fraction of sp³-hybridized carbons (Fsp3) is 0.467. The van der Waals surface area contributed by atoms with E-state index in [1.165, 1.54) is 21.3 Å².